The Hall–Kier alpha value is -2.02. The minimum atomic E-state index is -0.115. The number of nitrogen functional groups attached to an aromatic ring is 1. The smallest absolute Gasteiger partial charge is 0.234 e. The number of aryl methyl sites for hydroxylation is 2. The standard InChI is InChI=1S/C12H15N5OS/c1-7-3-4-9(5-10(7)13)15-11(18)6-19-12-14-8(2)16-17-12/h3-5H,6,13H2,1-2H3,(H,15,18)(H,14,16,17). The van der Waals surface area contributed by atoms with E-state index in [9.17, 15) is 4.79 Å². The van der Waals surface area contributed by atoms with Crippen molar-refractivity contribution in [3.05, 3.63) is 29.6 Å². The number of carbonyl (C=O) groups is 1. The molecule has 0 bridgehead atoms. The summed E-state index contributed by atoms with van der Waals surface area (Å²) >= 11 is 1.28. The van der Waals surface area contributed by atoms with Gasteiger partial charge in [-0.15, -0.1) is 5.10 Å². The lowest BCUT2D eigenvalue weighted by Crippen LogP contribution is -2.14. The van der Waals surface area contributed by atoms with Gasteiger partial charge in [0.1, 0.15) is 5.82 Å². The first kappa shape index (κ1) is 13.4. The average molecular weight is 277 g/mol. The second-order valence-corrected chi connectivity index (χ2v) is 5.05. The summed E-state index contributed by atoms with van der Waals surface area (Å²) in [6.07, 6.45) is 0. The number of nitrogens with one attached hydrogen (secondary N) is 2. The zero-order chi connectivity index (χ0) is 13.8. The maximum absolute atomic E-state index is 11.8. The van der Waals surface area contributed by atoms with E-state index >= 15 is 0 Å². The van der Waals surface area contributed by atoms with E-state index in [1.54, 1.807) is 6.07 Å². The first-order valence-corrected chi connectivity index (χ1v) is 6.71. The molecule has 100 valence electrons. The molecule has 0 atom stereocenters. The third-order valence-electron chi connectivity index (χ3n) is 2.47. The van der Waals surface area contributed by atoms with E-state index in [0.717, 1.165) is 11.4 Å². The van der Waals surface area contributed by atoms with Gasteiger partial charge in [-0.1, -0.05) is 17.8 Å². The minimum absolute atomic E-state index is 0.115. The van der Waals surface area contributed by atoms with E-state index in [0.29, 0.717) is 16.5 Å². The molecule has 7 heteroatoms. The van der Waals surface area contributed by atoms with E-state index in [-0.39, 0.29) is 11.7 Å². The summed E-state index contributed by atoms with van der Waals surface area (Å²) in [6, 6.07) is 5.44. The summed E-state index contributed by atoms with van der Waals surface area (Å²) in [7, 11) is 0. The molecular weight excluding hydrogens is 262 g/mol. The van der Waals surface area contributed by atoms with Gasteiger partial charge >= 0.3 is 0 Å². The lowest BCUT2D eigenvalue weighted by atomic mass is 10.2. The predicted octanol–water partition coefficient (Wildman–Crippen LogP) is 1.73. The number of amides is 1. The Bertz CT molecular complexity index is 596. The average Bonchev–Trinajstić information content (AvgIpc) is 2.77. The van der Waals surface area contributed by atoms with Gasteiger partial charge in [0.15, 0.2) is 0 Å². The molecule has 1 amide bonds. The van der Waals surface area contributed by atoms with Crippen molar-refractivity contribution in [2.45, 2.75) is 19.0 Å². The Morgan fingerprint density at radius 3 is 2.89 bits per heavy atom. The van der Waals surface area contributed by atoms with Gasteiger partial charge in [0.25, 0.3) is 0 Å². The fraction of sp³-hybridized carbons (Fsp3) is 0.250. The van der Waals surface area contributed by atoms with Crippen LogP contribution in [0.3, 0.4) is 0 Å². The van der Waals surface area contributed by atoms with Gasteiger partial charge in [-0.25, -0.2) is 4.98 Å². The number of H-pyrrole nitrogens is 1. The highest BCUT2D eigenvalue weighted by molar-refractivity contribution is 7.99. The van der Waals surface area contributed by atoms with Crippen LogP contribution in [0.5, 0.6) is 0 Å². The zero-order valence-corrected chi connectivity index (χ0v) is 11.5. The summed E-state index contributed by atoms with van der Waals surface area (Å²) in [4.78, 5) is 15.9. The first-order valence-electron chi connectivity index (χ1n) is 5.72. The van der Waals surface area contributed by atoms with Gasteiger partial charge < -0.3 is 11.1 Å². The van der Waals surface area contributed by atoms with Crippen molar-refractivity contribution in [2.24, 2.45) is 0 Å². The zero-order valence-electron chi connectivity index (χ0n) is 10.7. The number of hydrogen-bond acceptors (Lipinski definition) is 5. The van der Waals surface area contributed by atoms with Gasteiger partial charge in [0, 0.05) is 11.4 Å². The van der Waals surface area contributed by atoms with Gasteiger partial charge in [-0.3, -0.25) is 9.89 Å². The third-order valence-corrected chi connectivity index (χ3v) is 3.32. The van der Waals surface area contributed by atoms with Crippen molar-refractivity contribution in [1.29, 1.82) is 0 Å². The van der Waals surface area contributed by atoms with Crippen LogP contribution in [0.15, 0.2) is 23.4 Å². The number of aromatic nitrogens is 3. The second kappa shape index (κ2) is 5.75. The lowest BCUT2D eigenvalue weighted by Gasteiger charge is -2.06. The number of rotatable bonds is 4. The molecule has 0 aliphatic rings. The quantitative estimate of drug-likeness (QED) is 0.584. The number of hydrogen-bond donors (Lipinski definition) is 3. The molecule has 2 rings (SSSR count). The van der Waals surface area contributed by atoms with Crippen LogP contribution < -0.4 is 11.1 Å². The van der Waals surface area contributed by atoms with Crippen LogP contribution in [0, 0.1) is 13.8 Å². The highest BCUT2D eigenvalue weighted by atomic mass is 32.2. The van der Waals surface area contributed by atoms with Crippen molar-refractivity contribution in [2.75, 3.05) is 16.8 Å². The van der Waals surface area contributed by atoms with Crippen molar-refractivity contribution in [3.8, 4) is 0 Å². The van der Waals surface area contributed by atoms with Crippen LogP contribution in [0.2, 0.25) is 0 Å². The van der Waals surface area contributed by atoms with E-state index in [1.807, 2.05) is 26.0 Å². The lowest BCUT2D eigenvalue weighted by molar-refractivity contribution is -0.113. The molecule has 4 N–H and O–H groups in total. The fourth-order valence-electron chi connectivity index (χ4n) is 1.43. The highest BCUT2D eigenvalue weighted by Crippen LogP contribution is 2.18. The Morgan fingerprint density at radius 2 is 2.26 bits per heavy atom. The summed E-state index contributed by atoms with van der Waals surface area (Å²) in [5, 5.41) is 10.0. The number of benzene rings is 1. The SMILES string of the molecule is Cc1nc(SCC(=O)Nc2ccc(C)c(N)c2)n[nH]1. The van der Waals surface area contributed by atoms with Gasteiger partial charge in [-0.2, -0.15) is 0 Å². The van der Waals surface area contributed by atoms with Crippen LogP contribution in [-0.4, -0.2) is 26.8 Å². The Kier molecular flexibility index (Phi) is 4.06. The van der Waals surface area contributed by atoms with Crippen molar-refractivity contribution in [1.82, 2.24) is 15.2 Å². The van der Waals surface area contributed by atoms with E-state index in [2.05, 4.69) is 20.5 Å². The van der Waals surface area contributed by atoms with E-state index in [1.165, 1.54) is 11.8 Å². The summed E-state index contributed by atoms with van der Waals surface area (Å²) in [6.45, 7) is 3.73. The molecule has 1 heterocycles. The maximum Gasteiger partial charge on any atom is 0.234 e. The topological polar surface area (TPSA) is 96.7 Å². The Morgan fingerprint density at radius 1 is 1.47 bits per heavy atom. The van der Waals surface area contributed by atoms with Crippen LogP contribution >= 0.6 is 11.8 Å². The molecule has 0 radical (unpaired) electrons. The normalized spacial score (nSPS) is 10.4. The minimum Gasteiger partial charge on any atom is -0.398 e. The third kappa shape index (κ3) is 3.72. The number of aromatic amines is 1. The molecule has 0 unspecified atom stereocenters. The molecule has 0 saturated carbocycles. The molecule has 19 heavy (non-hydrogen) atoms. The summed E-state index contributed by atoms with van der Waals surface area (Å²) < 4.78 is 0. The van der Waals surface area contributed by atoms with Crippen LogP contribution in [0.1, 0.15) is 11.4 Å². The van der Waals surface area contributed by atoms with Gasteiger partial charge in [-0.05, 0) is 31.5 Å². The van der Waals surface area contributed by atoms with Crippen LogP contribution in [-0.2, 0) is 4.79 Å². The molecule has 0 spiro atoms. The molecule has 2 aromatic rings. The Balaban J connectivity index is 1.88. The fourth-order valence-corrected chi connectivity index (χ4v) is 2.08. The van der Waals surface area contributed by atoms with E-state index < -0.39 is 0 Å². The predicted molar refractivity (Wildman–Crippen MR) is 76.1 cm³/mol. The highest BCUT2D eigenvalue weighted by Gasteiger charge is 2.07. The molecule has 0 aliphatic carbocycles. The van der Waals surface area contributed by atoms with Crippen molar-refractivity contribution < 1.29 is 4.79 Å². The molecule has 0 saturated heterocycles. The maximum atomic E-state index is 11.8. The van der Waals surface area contributed by atoms with Crippen molar-refractivity contribution >= 4 is 29.0 Å². The number of anilines is 2. The van der Waals surface area contributed by atoms with E-state index in [4.69, 9.17) is 5.73 Å². The molecule has 1 aromatic heterocycles. The molecule has 1 aromatic carbocycles. The first-order chi connectivity index (χ1) is 9.04. The number of carbonyl (C=O) groups excluding carboxylic acids is 1. The largest absolute Gasteiger partial charge is 0.398 e. The number of nitrogens with zero attached hydrogens (tertiary/aromatic N) is 2. The van der Waals surface area contributed by atoms with Crippen LogP contribution in [0.4, 0.5) is 11.4 Å². The number of thioether (sulfide) groups is 1. The monoisotopic (exact) mass is 277 g/mol. The summed E-state index contributed by atoms with van der Waals surface area (Å²) in [5.41, 5.74) is 8.13. The molecule has 6 nitrogen and oxygen atoms in total. The molecule has 0 fully saturated rings. The number of nitrogens with two attached hydrogens (primary N) is 1. The second-order valence-electron chi connectivity index (χ2n) is 4.11. The van der Waals surface area contributed by atoms with Crippen LogP contribution in [0.25, 0.3) is 0 Å². The molecular formula is C12H15N5OS. The summed E-state index contributed by atoms with van der Waals surface area (Å²) in [5.74, 6) is 0.871. The van der Waals surface area contributed by atoms with Gasteiger partial charge in [0.2, 0.25) is 11.1 Å². The van der Waals surface area contributed by atoms with Gasteiger partial charge in [0.05, 0.1) is 5.75 Å². The Labute approximate surface area is 115 Å². The molecule has 0 aliphatic heterocycles. The van der Waals surface area contributed by atoms with Crippen molar-refractivity contribution in [3.63, 3.8) is 0 Å².